The Bertz CT molecular complexity index is 628. The van der Waals surface area contributed by atoms with Crippen LogP contribution >= 0.6 is 11.6 Å². The van der Waals surface area contributed by atoms with E-state index >= 15 is 0 Å². The van der Waals surface area contributed by atoms with Crippen molar-refractivity contribution in [3.63, 3.8) is 0 Å². The van der Waals surface area contributed by atoms with Gasteiger partial charge in [-0.15, -0.1) is 0 Å². The quantitative estimate of drug-likeness (QED) is 0.628. The number of rotatable bonds is 4. The molecule has 6 heteroatoms. The minimum Gasteiger partial charge on any atom is -0.455 e. The van der Waals surface area contributed by atoms with Gasteiger partial charge < -0.3 is 14.2 Å². The lowest BCUT2D eigenvalue weighted by Crippen LogP contribution is -2.25. The van der Waals surface area contributed by atoms with E-state index in [0.29, 0.717) is 22.1 Å². The van der Waals surface area contributed by atoms with Crippen LogP contribution in [0.25, 0.3) is 6.08 Å². The number of esters is 1. The first-order valence-electron chi connectivity index (χ1n) is 6.74. The maximum atomic E-state index is 11.7. The third-order valence-electron chi connectivity index (χ3n) is 3.04. The Labute approximate surface area is 133 Å². The number of ketones is 1. The van der Waals surface area contributed by atoms with Crippen LogP contribution in [-0.4, -0.2) is 25.2 Å². The van der Waals surface area contributed by atoms with E-state index < -0.39 is 11.4 Å². The molecule has 1 aromatic carbocycles. The lowest BCUT2D eigenvalue weighted by molar-refractivity contribution is -0.145. The largest absolute Gasteiger partial charge is 0.455 e. The van der Waals surface area contributed by atoms with Crippen molar-refractivity contribution in [2.24, 2.45) is 5.41 Å². The molecule has 0 amide bonds. The predicted molar refractivity (Wildman–Crippen MR) is 82.0 cm³/mol. The first kappa shape index (κ1) is 16.4. The smallest absolute Gasteiger partial charge is 0.331 e. The molecule has 0 fully saturated rings. The first-order chi connectivity index (χ1) is 10.3. The van der Waals surface area contributed by atoms with Gasteiger partial charge in [0.2, 0.25) is 6.79 Å². The summed E-state index contributed by atoms with van der Waals surface area (Å²) < 4.78 is 15.4. The third kappa shape index (κ3) is 4.01. The van der Waals surface area contributed by atoms with Crippen LogP contribution in [0.2, 0.25) is 5.02 Å². The average Bonchev–Trinajstić information content (AvgIpc) is 2.90. The summed E-state index contributed by atoms with van der Waals surface area (Å²) in [7, 11) is 0. The summed E-state index contributed by atoms with van der Waals surface area (Å²) in [6, 6.07) is 3.36. The van der Waals surface area contributed by atoms with Crippen molar-refractivity contribution < 1.29 is 23.8 Å². The third-order valence-corrected chi connectivity index (χ3v) is 3.32. The number of carbonyl (C=O) groups excluding carboxylic acids is 2. The minimum absolute atomic E-state index is 0.124. The van der Waals surface area contributed by atoms with Crippen LogP contribution in [0, 0.1) is 5.41 Å². The lowest BCUT2D eigenvalue weighted by Gasteiger charge is -2.15. The van der Waals surface area contributed by atoms with Gasteiger partial charge in [-0.05, 0) is 23.8 Å². The molecule has 0 unspecified atom stereocenters. The van der Waals surface area contributed by atoms with Crippen molar-refractivity contribution in [1.29, 1.82) is 0 Å². The Hall–Kier alpha value is -2.01. The lowest BCUT2D eigenvalue weighted by atomic mass is 9.91. The Morgan fingerprint density at radius 1 is 1.32 bits per heavy atom. The van der Waals surface area contributed by atoms with Crippen LogP contribution in [0.5, 0.6) is 11.5 Å². The number of fused-ring (bicyclic) bond motifs is 1. The SMILES string of the molecule is CC(C)(C)C(=O)COC(=O)/C=C/c1cc(Cl)c2c(c1)OCO2. The van der Waals surface area contributed by atoms with Crippen molar-refractivity contribution in [3.05, 3.63) is 28.8 Å². The van der Waals surface area contributed by atoms with Crippen LogP contribution in [0.15, 0.2) is 18.2 Å². The fourth-order valence-electron chi connectivity index (χ4n) is 1.65. The molecule has 0 radical (unpaired) electrons. The van der Waals surface area contributed by atoms with Crippen molar-refractivity contribution in [2.45, 2.75) is 20.8 Å². The number of hydrogen-bond donors (Lipinski definition) is 0. The Kier molecular flexibility index (Phi) is 4.76. The monoisotopic (exact) mass is 324 g/mol. The Morgan fingerprint density at radius 2 is 2.05 bits per heavy atom. The molecular weight excluding hydrogens is 308 g/mol. The Balaban J connectivity index is 1.96. The summed E-state index contributed by atoms with van der Waals surface area (Å²) in [4.78, 5) is 23.3. The highest BCUT2D eigenvalue weighted by molar-refractivity contribution is 6.32. The van der Waals surface area contributed by atoms with Crippen molar-refractivity contribution in [1.82, 2.24) is 0 Å². The Morgan fingerprint density at radius 3 is 2.73 bits per heavy atom. The van der Waals surface area contributed by atoms with E-state index in [2.05, 4.69) is 0 Å². The number of benzene rings is 1. The molecule has 2 rings (SSSR count). The first-order valence-corrected chi connectivity index (χ1v) is 7.12. The molecule has 5 nitrogen and oxygen atoms in total. The summed E-state index contributed by atoms with van der Waals surface area (Å²) in [6.45, 7) is 5.20. The molecule has 0 bridgehead atoms. The van der Waals surface area contributed by atoms with Crippen LogP contribution in [0.1, 0.15) is 26.3 Å². The van der Waals surface area contributed by atoms with Gasteiger partial charge in [0.05, 0.1) is 5.02 Å². The summed E-state index contributed by atoms with van der Waals surface area (Å²) in [5.74, 6) is 0.298. The van der Waals surface area contributed by atoms with Crippen LogP contribution in [-0.2, 0) is 14.3 Å². The van der Waals surface area contributed by atoms with E-state index in [9.17, 15) is 9.59 Å². The van der Waals surface area contributed by atoms with Crippen LogP contribution in [0.4, 0.5) is 0 Å². The number of carbonyl (C=O) groups is 2. The molecule has 0 N–H and O–H groups in total. The standard InChI is InChI=1S/C16H17ClO5/c1-16(2,3)13(18)8-20-14(19)5-4-10-6-11(17)15-12(7-10)21-9-22-15/h4-7H,8-9H2,1-3H3/b5-4+. The molecule has 1 aliphatic heterocycles. The van der Waals surface area contributed by atoms with Crippen LogP contribution < -0.4 is 9.47 Å². The fraction of sp³-hybridized carbons (Fsp3) is 0.375. The molecule has 0 aromatic heterocycles. The van der Waals surface area contributed by atoms with Gasteiger partial charge >= 0.3 is 5.97 Å². The number of ether oxygens (including phenoxy) is 3. The zero-order chi connectivity index (χ0) is 16.3. The highest BCUT2D eigenvalue weighted by Crippen LogP contribution is 2.40. The molecule has 0 aliphatic carbocycles. The fourth-order valence-corrected chi connectivity index (χ4v) is 1.92. The zero-order valence-corrected chi connectivity index (χ0v) is 13.4. The molecule has 1 heterocycles. The number of hydrogen-bond acceptors (Lipinski definition) is 5. The molecule has 118 valence electrons. The van der Waals surface area contributed by atoms with Crippen LogP contribution in [0.3, 0.4) is 0 Å². The summed E-state index contributed by atoms with van der Waals surface area (Å²) in [6.07, 6.45) is 2.78. The van der Waals surface area contributed by atoms with Gasteiger partial charge in [-0.2, -0.15) is 0 Å². The van der Waals surface area contributed by atoms with E-state index in [1.54, 1.807) is 32.9 Å². The summed E-state index contributed by atoms with van der Waals surface area (Å²) >= 11 is 6.04. The molecule has 0 spiro atoms. The second kappa shape index (κ2) is 6.40. The van der Waals surface area contributed by atoms with Crippen molar-refractivity contribution in [2.75, 3.05) is 13.4 Å². The van der Waals surface area contributed by atoms with E-state index in [1.807, 2.05) is 0 Å². The van der Waals surface area contributed by atoms with E-state index in [1.165, 1.54) is 12.2 Å². The maximum Gasteiger partial charge on any atom is 0.331 e. The molecule has 0 atom stereocenters. The second-order valence-corrected chi connectivity index (χ2v) is 6.26. The molecular formula is C16H17ClO5. The average molecular weight is 325 g/mol. The molecule has 22 heavy (non-hydrogen) atoms. The van der Waals surface area contributed by atoms with Gasteiger partial charge in [0.1, 0.15) is 0 Å². The zero-order valence-electron chi connectivity index (χ0n) is 12.6. The van der Waals surface area contributed by atoms with Crippen molar-refractivity contribution >= 4 is 29.4 Å². The number of halogens is 1. The highest BCUT2D eigenvalue weighted by Gasteiger charge is 2.22. The van der Waals surface area contributed by atoms with Gasteiger partial charge in [-0.3, -0.25) is 4.79 Å². The molecule has 1 aromatic rings. The molecule has 0 saturated carbocycles. The summed E-state index contributed by atoms with van der Waals surface area (Å²) in [5.41, 5.74) is 0.142. The van der Waals surface area contributed by atoms with Gasteiger partial charge in [0.15, 0.2) is 23.9 Å². The minimum atomic E-state index is -0.591. The van der Waals surface area contributed by atoms with E-state index in [0.717, 1.165) is 0 Å². The van der Waals surface area contributed by atoms with Gasteiger partial charge in [-0.1, -0.05) is 32.4 Å². The van der Waals surface area contributed by atoms with Gasteiger partial charge in [-0.25, -0.2) is 4.79 Å². The van der Waals surface area contributed by atoms with Gasteiger partial charge in [0, 0.05) is 11.5 Å². The van der Waals surface area contributed by atoms with E-state index in [-0.39, 0.29) is 19.2 Å². The van der Waals surface area contributed by atoms with Gasteiger partial charge in [0.25, 0.3) is 0 Å². The second-order valence-electron chi connectivity index (χ2n) is 5.85. The summed E-state index contributed by atoms with van der Waals surface area (Å²) in [5, 5.41) is 0.408. The molecule has 1 aliphatic rings. The predicted octanol–water partition coefficient (Wildman–Crippen LogP) is 3.24. The molecule has 0 saturated heterocycles. The van der Waals surface area contributed by atoms with Crippen molar-refractivity contribution in [3.8, 4) is 11.5 Å². The maximum absolute atomic E-state index is 11.7. The highest BCUT2D eigenvalue weighted by atomic mass is 35.5. The normalized spacial score (nSPS) is 13.5. The van der Waals surface area contributed by atoms with E-state index in [4.69, 9.17) is 25.8 Å². The topological polar surface area (TPSA) is 61.8 Å². The number of Topliss-reactive ketones (excluding diaryl/α,β-unsaturated/α-hetero) is 1.